The Morgan fingerprint density at radius 1 is 1.38 bits per heavy atom. The highest BCUT2D eigenvalue weighted by molar-refractivity contribution is 5.92. The van der Waals surface area contributed by atoms with Gasteiger partial charge in [-0.25, -0.2) is 4.98 Å². The zero-order chi connectivity index (χ0) is 11.4. The summed E-state index contributed by atoms with van der Waals surface area (Å²) in [4.78, 5) is 15.8. The van der Waals surface area contributed by atoms with Crippen LogP contribution in [0.1, 0.15) is 55.1 Å². The number of carbonyl (C=O) groups excluding carboxylic acids is 1. The van der Waals surface area contributed by atoms with Crippen LogP contribution in [0.15, 0.2) is 12.5 Å². The Hall–Kier alpha value is -1.32. The zero-order valence-electron chi connectivity index (χ0n) is 9.78. The van der Waals surface area contributed by atoms with Crippen molar-refractivity contribution in [3.63, 3.8) is 0 Å². The monoisotopic (exact) mass is 221 g/mol. The standard InChI is InChI=1S/C12H19N3O/c1-13-12(16)11-8-14-9-15(11)10-6-4-2-3-5-7-10/h8-10H,2-7H2,1H3,(H,13,16). The molecule has 4 nitrogen and oxygen atoms in total. The van der Waals surface area contributed by atoms with E-state index in [4.69, 9.17) is 0 Å². The highest BCUT2D eigenvalue weighted by Crippen LogP contribution is 2.27. The highest BCUT2D eigenvalue weighted by Gasteiger charge is 2.19. The molecule has 1 fully saturated rings. The predicted octanol–water partition coefficient (Wildman–Crippen LogP) is 2.14. The molecule has 0 unspecified atom stereocenters. The molecule has 1 saturated carbocycles. The SMILES string of the molecule is CNC(=O)c1cncn1C1CCCCCC1. The maximum absolute atomic E-state index is 11.7. The quantitative estimate of drug-likeness (QED) is 0.778. The summed E-state index contributed by atoms with van der Waals surface area (Å²) < 4.78 is 2.05. The third-order valence-corrected chi connectivity index (χ3v) is 3.34. The Bertz CT molecular complexity index is 351. The van der Waals surface area contributed by atoms with Crippen LogP contribution in [0.4, 0.5) is 0 Å². The lowest BCUT2D eigenvalue weighted by molar-refractivity contribution is 0.0951. The van der Waals surface area contributed by atoms with Crippen LogP contribution in [-0.4, -0.2) is 22.5 Å². The molecule has 4 heteroatoms. The topological polar surface area (TPSA) is 46.9 Å². The van der Waals surface area contributed by atoms with Crippen molar-refractivity contribution in [2.24, 2.45) is 0 Å². The molecule has 1 heterocycles. The normalized spacial score (nSPS) is 18.1. The average Bonchev–Trinajstić information content (AvgIpc) is 2.64. The van der Waals surface area contributed by atoms with Crippen molar-refractivity contribution in [1.82, 2.24) is 14.9 Å². The number of hydrogen-bond acceptors (Lipinski definition) is 2. The minimum absolute atomic E-state index is 0.0400. The van der Waals surface area contributed by atoms with Crippen LogP contribution < -0.4 is 5.32 Å². The van der Waals surface area contributed by atoms with E-state index in [1.807, 2.05) is 4.57 Å². The molecule has 0 aromatic carbocycles. The van der Waals surface area contributed by atoms with Gasteiger partial charge in [-0.2, -0.15) is 0 Å². The van der Waals surface area contributed by atoms with Crippen LogP contribution in [0.5, 0.6) is 0 Å². The highest BCUT2D eigenvalue weighted by atomic mass is 16.1. The summed E-state index contributed by atoms with van der Waals surface area (Å²) in [7, 11) is 1.66. The van der Waals surface area contributed by atoms with Crippen molar-refractivity contribution in [3.05, 3.63) is 18.2 Å². The second kappa shape index (κ2) is 5.14. The van der Waals surface area contributed by atoms with Crippen molar-refractivity contribution in [1.29, 1.82) is 0 Å². The second-order valence-electron chi connectivity index (χ2n) is 4.41. The van der Waals surface area contributed by atoms with Gasteiger partial charge in [-0.05, 0) is 12.8 Å². The van der Waals surface area contributed by atoms with Crippen molar-refractivity contribution in [2.75, 3.05) is 7.05 Å². The first-order chi connectivity index (χ1) is 7.83. The zero-order valence-corrected chi connectivity index (χ0v) is 9.78. The van der Waals surface area contributed by atoms with Crippen molar-refractivity contribution >= 4 is 5.91 Å². The first-order valence-corrected chi connectivity index (χ1v) is 6.07. The molecule has 2 rings (SSSR count). The Morgan fingerprint density at radius 2 is 2.06 bits per heavy atom. The molecule has 1 N–H and O–H groups in total. The average molecular weight is 221 g/mol. The van der Waals surface area contributed by atoms with E-state index >= 15 is 0 Å². The Labute approximate surface area is 96.1 Å². The van der Waals surface area contributed by atoms with E-state index in [1.165, 1.54) is 38.5 Å². The van der Waals surface area contributed by atoms with Gasteiger partial charge in [-0.3, -0.25) is 4.79 Å². The lowest BCUT2D eigenvalue weighted by atomic mass is 10.1. The second-order valence-corrected chi connectivity index (χ2v) is 4.41. The molecule has 0 atom stereocenters. The largest absolute Gasteiger partial charge is 0.354 e. The molecule has 16 heavy (non-hydrogen) atoms. The Kier molecular flexibility index (Phi) is 3.59. The van der Waals surface area contributed by atoms with Gasteiger partial charge in [0.25, 0.3) is 5.91 Å². The van der Waals surface area contributed by atoms with E-state index in [9.17, 15) is 4.79 Å². The predicted molar refractivity (Wildman–Crippen MR) is 62.4 cm³/mol. The third kappa shape index (κ3) is 2.26. The summed E-state index contributed by atoms with van der Waals surface area (Å²) >= 11 is 0. The number of hydrogen-bond donors (Lipinski definition) is 1. The molecule has 1 aromatic heterocycles. The van der Waals surface area contributed by atoms with Gasteiger partial charge in [0.2, 0.25) is 0 Å². The number of rotatable bonds is 2. The number of nitrogens with one attached hydrogen (secondary N) is 1. The van der Waals surface area contributed by atoms with Crippen LogP contribution >= 0.6 is 0 Å². The molecular formula is C12H19N3O. The lowest BCUT2D eigenvalue weighted by Crippen LogP contribution is -2.23. The van der Waals surface area contributed by atoms with Crippen molar-refractivity contribution in [2.45, 2.75) is 44.6 Å². The van der Waals surface area contributed by atoms with Crippen LogP contribution in [0.2, 0.25) is 0 Å². The lowest BCUT2D eigenvalue weighted by Gasteiger charge is -2.18. The minimum atomic E-state index is -0.0400. The molecule has 0 bridgehead atoms. The summed E-state index contributed by atoms with van der Waals surface area (Å²) in [5, 5.41) is 2.66. The van der Waals surface area contributed by atoms with E-state index in [2.05, 4.69) is 10.3 Å². The molecule has 1 amide bonds. The molecular weight excluding hydrogens is 202 g/mol. The van der Waals surface area contributed by atoms with Gasteiger partial charge in [0.05, 0.1) is 12.5 Å². The molecule has 1 aromatic rings. The van der Waals surface area contributed by atoms with Gasteiger partial charge in [-0.15, -0.1) is 0 Å². The summed E-state index contributed by atoms with van der Waals surface area (Å²) in [5.74, 6) is -0.0400. The number of carbonyl (C=O) groups is 1. The maximum atomic E-state index is 11.7. The van der Waals surface area contributed by atoms with Gasteiger partial charge in [0.1, 0.15) is 5.69 Å². The molecule has 0 radical (unpaired) electrons. The summed E-state index contributed by atoms with van der Waals surface area (Å²) in [6.07, 6.45) is 10.9. The molecule has 0 spiro atoms. The maximum Gasteiger partial charge on any atom is 0.269 e. The van der Waals surface area contributed by atoms with Gasteiger partial charge in [-0.1, -0.05) is 25.7 Å². The van der Waals surface area contributed by atoms with Crippen LogP contribution in [0, 0.1) is 0 Å². The van der Waals surface area contributed by atoms with Crippen LogP contribution in [-0.2, 0) is 0 Å². The molecule has 1 aliphatic rings. The number of amides is 1. The first kappa shape index (κ1) is 11.2. The van der Waals surface area contributed by atoms with Crippen LogP contribution in [0.3, 0.4) is 0 Å². The Morgan fingerprint density at radius 3 is 2.69 bits per heavy atom. The molecule has 88 valence electrons. The molecule has 0 aliphatic heterocycles. The van der Waals surface area contributed by atoms with Crippen molar-refractivity contribution in [3.8, 4) is 0 Å². The minimum Gasteiger partial charge on any atom is -0.354 e. The fourth-order valence-corrected chi connectivity index (χ4v) is 2.44. The molecule has 1 aliphatic carbocycles. The summed E-state index contributed by atoms with van der Waals surface area (Å²) in [6, 6.07) is 0.456. The fourth-order valence-electron chi connectivity index (χ4n) is 2.44. The smallest absolute Gasteiger partial charge is 0.269 e. The van der Waals surface area contributed by atoms with E-state index in [1.54, 1.807) is 19.6 Å². The van der Waals surface area contributed by atoms with E-state index in [-0.39, 0.29) is 5.91 Å². The van der Waals surface area contributed by atoms with E-state index in [0.717, 1.165) is 0 Å². The fraction of sp³-hybridized carbons (Fsp3) is 0.667. The Balaban J connectivity index is 2.18. The van der Waals surface area contributed by atoms with Gasteiger partial charge < -0.3 is 9.88 Å². The van der Waals surface area contributed by atoms with E-state index < -0.39 is 0 Å². The summed E-state index contributed by atoms with van der Waals surface area (Å²) in [5.41, 5.74) is 0.689. The first-order valence-electron chi connectivity index (χ1n) is 6.07. The number of nitrogens with zero attached hydrogens (tertiary/aromatic N) is 2. The van der Waals surface area contributed by atoms with Gasteiger partial charge in [0.15, 0.2) is 0 Å². The van der Waals surface area contributed by atoms with E-state index in [0.29, 0.717) is 11.7 Å². The number of imidazole rings is 1. The van der Waals surface area contributed by atoms with Crippen molar-refractivity contribution < 1.29 is 4.79 Å². The van der Waals surface area contributed by atoms with Gasteiger partial charge >= 0.3 is 0 Å². The van der Waals surface area contributed by atoms with Crippen LogP contribution in [0.25, 0.3) is 0 Å². The summed E-state index contributed by atoms with van der Waals surface area (Å²) in [6.45, 7) is 0. The third-order valence-electron chi connectivity index (χ3n) is 3.34. The molecule has 0 saturated heterocycles. The van der Waals surface area contributed by atoms with Gasteiger partial charge in [0, 0.05) is 13.1 Å². The number of aromatic nitrogens is 2.